The van der Waals surface area contributed by atoms with Gasteiger partial charge < -0.3 is 10.6 Å². The molecule has 2 heterocycles. The van der Waals surface area contributed by atoms with Crippen molar-refractivity contribution in [1.29, 1.82) is 0 Å². The third kappa shape index (κ3) is 5.44. The molecule has 0 aliphatic rings. The second-order valence-electron chi connectivity index (χ2n) is 7.08. The van der Waals surface area contributed by atoms with Crippen LogP contribution in [-0.2, 0) is 19.6 Å². The third-order valence-corrected chi connectivity index (χ3v) is 5.93. The standard InChI is InChI=1S/C22H30N6S/c1-6-23-22(25-13-21-16(3)26-18(5)29-21)24-12-20-15(2)27-28(17(20)4)14-19-10-8-7-9-11-19/h7-11H,6,12-14H2,1-5H3,(H2,23,24,25). The molecule has 154 valence electrons. The molecule has 0 saturated heterocycles. The number of thiazole rings is 1. The molecule has 0 bridgehead atoms. The third-order valence-electron chi connectivity index (χ3n) is 4.86. The molecule has 2 N–H and O–H groups in total. The van der Waals surface area contributed by atoms with Crippen LogP contribution in [0.3, 0.4) is 0 Å². The first-order chi connectivity index (χ1) is 14.0. The lowest BCUT2D eigenvalue weighted by molar-refractivity contribution is 0.658. The molecule has 0 saturated carbocycles. The number of hydrogen-bond acceptors (Lipinski definition) is 4. The molecule has 7 heteroatoms. The van der Waals surface area contributed by atoms with Crippen LogP contribution in [-0.4, -0.2) is 27.3 Å². The fourth-order valence-electron chi connectivity index (χ4n) is 3.27. The first kappa shape index (κ1) is 21.0. The molecule has 0 fully saturated rings. The van der Waals surface area contributed by atoms with E-state index in [1.807, 2.05) is 13.0 Å². The van der Waals surface area contributed by atoms with Crippen LogP contribution in [0.2, 0.25) is 0 Å². The minimum Gasteiger partial charge on any atom is -0.357 e. The fraction of sp³-hybridized carbons (Fsp3) is 0.409. The molecule has 29 heavy (non-hydrogen) atoms. The highest BCUT2D eigenvalue weighted by atomic mass is 32.1. The average molecular weight is 411 g/mol. The van der Waals surface area contributed by atoms with Crippen LogP contribution in [0.25, 0.3) is 0 Å². The quantitative estimate of drug-likeness (QED) is 0.458. The number of nitrogens with zero attached hydrogens (tertiary/aromatic N) is 4. The van der Waals surface area contributed by atoms with Crippen molar-refractivity contribution in [3.63, 3.8) is 0 Å². The Bertz CT molecular complexity index is 971. The number of aryl methyl sites for hydroxylation is 3. The maximum Gasteiger partial charge on any atom is 0.191 e. The van der Waals surface area contributed by atoms with Gasteiger partial charge in [-0.1, -0.05) is 30.3 Å². The Hall–Kier alpha value is -2.67. The Labute approximate surface area is 177 Å². The smallest absolute Gasteiger partial charge is 0.191 e. The molecule has 3 aromatic rings. The predicted octanol–water partition coefficient (Wildman–Crippen LogP) is 3.88. The van der Waals surface area contributed by atoms with Gasteiger partial charge in [-0.25, -0.2) is 9.98 Å². The molecular formula is C22H30N6S. The lowest BCUT2D eigenvalue weighted by Crippen LogP contribution is -2.36. The number of guanidine groups is 1. The molecule has 0 amide bonds. The monoisotopic (exact) mass is 410 g/mol. The van der Waals surface area contributed by atoms with E-state index in [0.717, 1.165) is 42.0 Å². The van der Waals surface area contributed by atoms with Crippen LogP contribution < -0.4 is 10.6 Å². The molecule has 6 nitrogen and oxygen atoms in total. The zero-order valence-corrected chi connectivity index (χ0v) is 18.7. The minimum atomic E-state index is 0.600. The van der Waals surface area contributed by atoms with Crippen molar-refractivity contribution in [1.82, 2.24) is 25.4 Å². The summed E-state index contributed by atoms with van der Waals surface area (Å²) in [6.45, 7) is 13.3. The SMILES string of the molecule is CCNC(=NCc1c(C)nn(Cc2ccccc2)c1C)NCc1sc(C)nc1C. The normalized spacial score (nSPS) is 11.7. The van der Waals surface area contributed by atoms with Crippen LogP contribution in [0.1, 0.15) is 45.0 Å². The molecule has 0 aliphatic heterocycles. The van der Waals surface area contributed by atoms with Crippen LogP contribution in [0.5, 0.6) is 0 Å². The summed E-state index contributed by atoms with van der Waals surface area (Å²) in [6, 6.07) is 10.4. The maximum absolute atomic E-state index is 4.80. The van der Waals surface area contributed by atoms with Crippen molar-refractivity contribution in [2.75, 3.05) is 6.54 Å². The summed E-state index contributed by atoms with van der Waals surface area (Å²) in [4.78, 5) is 10.5. The number of hydrogen-bond donors (Lipinski definition) is 2. The van der Waals surface area contributed by atoms with E-state index >= 15 is 0 Å². The highest BCUT2D eigenvalue weighted by Crippen LogP contribution is 2.17. The summed E-state index contributed by atoms with van der Waals surface area (Å²) in [5, 5.41) is 12.6. The van der Waals surface area contributed by atoms with Crippen LogP contribution >= 0.6 is 11.3 Å². The van der Waals surface area contributed by atoms with Crippen molar-refractivity contribution in [2.24, 2.45) is 4.99 Å². The largest absolute Gasteiger partial charge is 0.357 e. The first-order valence-corrected chi connectivity index (χ1v) is 10.8. The van der Waals surface area contributed by atoms with Gasteiger partial charge in [-0.3, -0.25) is 4.68 Å². The Morgan fingerprint density at radius 3 is 2.48 bits per heavy atom. The molecule has 0 spiro atoms. The molecule has 3 rings (SSSR count). The Balaban J connectivity index is 1.71. The van der Waals surface area contributed by atoms with Gasteiger partial charge in [0.05, 0.1) is 36.0 Å². The summed E-state index contributed by atoms with van der Waals surface area (Å²) in [5.74, 6) is 0.813. The number of rotatable bonds is 7. The lowest BCUT2D eigenvalue weighted by Gasteiger charge is -2.11. The van der Waals surface area contributed by atoms with E-state index in [9.17, 15) is 0 Å². The molecule has 2 aromatic heterocycles. The van der Waals surface area contributed by atoms with E-state index in [2.05, 4.69) is 72.3 Å². The molecule has 1 aromatic carbocycles. The van der Waals surface area contributed by atoms with Gasteiger partial charge >= 0.3 is 0 Å². The van der Waals surface area contributed by atoms with Gasteiger partial charge in [-0.05, 0) is 40.2 Å². The van der Waals surface area contributed by atoms with Crippen LogP contribution in [0, 0.1) is 27.7 Å². The summed E-state index contributed by atoms with van der Waals surface area (Å²) >= 11 is 1.73. The van der Waals surface area contributed by atoms with Gasteiger partial charge in [-0.15, -0.1) is 11.3 Å². The fourth-order valence-corrected chi connectivity index (χ4v) is 4.15. The minimum absolute atomic E-state index is 0.600. The van der Waals surface area contributed by atoms with Gasteiger partial charge in [0.2, 0.25) is 0 Å². The second kappa shape index (κ2) is 9.69. The highest BCUT2D eigenvalue weighted by Gasteiger charge is 2.12. The summed E-state index contributed by atoms with van der Waals surface area (Å²) in [6.07, 6.45) is 0. The maximum atomic E-state index is 4.80. The van der Waals surface area contributed by atoms with E-state index in [1.165, 1.54) is 21.7 Å². The van der Waals surface area contributed by atoms with Crippen LogP contribution in [0.15, 0.2) is 35.3 Å². The molecule has 0 radical (unpaired) electrons. The van der Waals surface area contributed by atoms with Crippen molar-refractivity contribution >= 4 is 17.3 Å². The van der Waals surface area contributed by atoms with Crippen molar-refractivity contribution in [3.8, 4) is 0 Å². The molecule has 0 atom stereocenters. The van der Waals surface area contributed by atoms with Gasteiger partial charge in [0.1, 0.15) is 0 Å². The van der Waals surface area contributed by atoms with E-state index in [4.69, 9.17) is 10.1 Å². The number of aliphatic imine (C=N–C) groups is 1. The predicted molar refractivity (Wildman–Crippen MR) is 120 cm³/mol. The van der Waals surface area contributed by atoms with Crippen molar-refractivity contribution in [2.45, 2.75) is 54.3 Å². The van der Waals surface area contributed by atoms with Gasteiger partial charge in [0, 0.05) is 22.7 Å². The Kier molecular flexibility index (Phi) is 7.04. The van der Waals surface area contributed by atoms with Crippen molar-refractivity contribution in [3.05, 3.63) is 68.4 Å². The van der Waals surface area contributed by atoms with E-state index < -0.39 is 0 Å². The first-order valence-electron chi connectivity index (χ1n) is 9.99. The van der Waals surface area contributed by atoms with Crippen LogP contribution in [0.4, 0.5) is 0 Å². The summed E-state index contributed by atoms with van der Waals surface area (Å²) in [5.41, 5.74) is 5.72. The Morgan fingerprint density at radius 1 is 1.07 bits per heavy atom. The van der Waals surface area contributed by atoms with Gasteiger partial charge in [0.25, 0.3) is 0 Å². The number of benzene rings is 1. The number of aromatic nitrogens is 3. The topological polar surface area (TPSA) is 67.1 Å². The Morgan fingerprint density at radius 2 is 1.83 bits per heavy atom. The number of nitrogens with one attached hydrogen (secondary N) is 2. The zero-order chi connectivity index (χ0) is 20.8. The van der Waals surface area contributed by atoms with E-state index in [0.29, 0.717) is 6.54 Å². The lowest BCUT2D eigenvalue weighted by atomic mass is 10.2. The molecule has 0 unspecified atom stereocenters. The van der Waals surface area contributed by atoms with Gasteiger partial charge in [-0.2, -0.15) is 5.10 Å². The van der Waals surface area contributed by atoms with Crippen molar-refractivity contribution < 1.29 is 0 Å². The van der Waals surface area contributed by atoms with E-state index in [-0.39, 0.29) is 0 Å². The average Bonchev–Trinajstić information content (AvgIpc) is 3.16. The summed E-state index contributed by atoms with van der Waals surface area (Å²) in [7, 11) is 0. The second-order valence-corrected chi connectivity index (χ2v) is 8.37. The van der Waals surface area contributed by atoms with E-state index in [1.54, 1.807) is 11.3 Å². The molecule has 0 aliphatic carbocycles. The zero-order valence-electron chi connectivity index (χ0n) is 17.9. The highest BCUT2D eigenvalue weighted by molar-refractivity contribution is 7.11. The summed E-state index contributed by atoms with van der Waals surface area (Å²) < 4.78 is 2.07. The van der Waals surface area contributed by atoms with Gasteiger partial charge in [0.15, 0.2) is 5.96 Å². The molecular weight excluding hydrogens is 380 g/mol.